The average Bonchev–Trinajstić information content (AvgIpc) is 2.95. The number of nitrogens with one attached hydrogen (secondary N) is 1. The number of amides is 2. The first-order valence-corrected chi connectivity index (χ1v) is 14.9. The summed E-state index contributed by atoms with van der Waals surface area (Å²) >= 11 is 18.6. The number of carbonyl (C=O) groups excluding carboxylic acids is 2. The van der Waals surface area contributed by atoms with Crippen molar-refractivity contribution >= 4 is 58.0 Å². The Morgan fingerprint density at radius 2 is 1.46 bits per heavy atom. The fraction of sp³-hybridized carbons (Fsp3) is 0.355. The number of benzene rings is 3. The van der Waals surface area contributed by atoms with E-state index in [1.165, 1.54) is 0 Å². The van der Waals surface area contributed by atoms with Gasteiger partial charge in [-0.1, -0.05) is 40.9 Å². The van der Waals surface area contributed by atoms with Gasteiger partial charge >= 0.3 is 11.8 Å². The Balaban J connectivity index is 1.16. The molecule has 2 saturated heterocycles. The van der Waals surface area contributed by atoms with E-state index < -0.39 is 11.8 Å². The number of piperazine rings is 1. The Morgan fingerprint density at radius 3 is 2.12 bits per heavy atom. The number of hydrogen-bond donors (Lipinski definition) is 1. The Morgan fingerprint density at radius 1 is 0.805 bits per heavy atom. The van der Waals surface area contributed by atoms with Crippen molar-refractivity contribution in [3.8, 4) is 11.5 Å². The van der Waals surface area contributed by atoms with Gasteiger partial charge in [0.25, 0.3) is 0 Å². The summed E-state index contributed by atoms with van der Waals surface area (Å²) in [5.41, 5.74) is 3.19. The lowest BCUT2D eigenvalue weighted by atomic mass is 10.0. The standard InChI is InChI=1S/C31H33Cl3N4O3/c1-20-16-24(34)17-21(2)29(20)41-28-7-6-23(33)19-27(28)35-30(39)31(40)38-10-8-25(9-11-38)36-12-14-37(15-13-36)26-5-3-4-22(32)18-26/h3-7,16-19,25H,8-15H2,1-2H3,(H,35,39). The Hall–Kier alpha value is -2.97. The van der Waals surface area contributed by atoms with Crippen LogP contribution in [0.4, 0.5) is 11.4 Å². The molecule has 3 aromatic carbocycles. The minimum Gasteiger partial charge on any atom is -0.455 e. The van der Waals surface area contributed by atoms with E-state index in [9.17, 15) is 9.59 Å². The zero-order valence-electron chi connectivity index (χ0n) is 23.1. The van der Waals surface area contributed by atoms with Crippen LogP contribution in [-0.2, 0) is 9.59 Å². The molecular formula is C31H33Cl3N4O3. The lowest BCUT2D eigenvalue weighted by Crippen LogP contribution is -2.54. The van der Waals surface area contributed by atoms with Crippen LogP contribution in [-0.4, -0.2) is 66.9 Å². The molecule has 0 bridgehead atoms. The quantitative estimate of drug-likeness (QED) is 0.320. The molecule has 2 amide bonds. The summed E-state index contributed by atoms with van der Waals surface area (Å²) in [6.07, 6.45) is 1.66. The summed E-state index contributed by atoms with van der Waals surface area (Å²) in [4.78, 5) is 32.6. The van der Waals surface area contributed by atoms with Crippen molar-refractivity contribution in [3.63, 3.8) is 0 Å². The first-order chi connectivity index (χ1) is 19.7. The largest absolute Gasteiger partial charge is 0.455 e. The lowest BCUT2D eigenvalue weighted by molar-refractivity contribution is -0.144. The molecule has 5 rings (SSSR count). The van der Waals surface area contributed by atoms with E-state index in [-0.39, 0.29) is 0 Å². The van der Waals surface area contributed by atoms with Gasteiger partial charge in [-0.3, -0.25) is 14.5 Å². The van der Waals surface area contributed by atoms with Gasteiger partial charge in [-0.2, -0.15) is 0 Å². The maximum atomic E-state index is 13.1. The lowest BCUT2D eigenvalue weighted by Gasteiger charge is -2.43. The van der Waals surface area contributed by atoms with Crippen molar-refractivity contribution in [1.82, 2.24) is 9.80 Å². The molecule has 0 aliphatic carbocycles. The molecule has 0 saturated carbocycles. The van der Waals surface area contributed by atoms with Crippen LogP contribution >= 0.6 is 34.8 Å². The second-order valence-corrected chi connectivity index (χ2v) is 11.9. The van der Waals surface area contributed by atoms with Crippen LogP contribution in [0.2, 0.25) is 15.1 Å². The highest BCUT2D eigenvalue weighted by Crippen LogP contribution is 2.36. The van der Waals surface area contributed by atoms with Crippen LogP contribution < -0.4 is 15.0 Å². The molecule has 7 nitrogen and oxygen atoms in total. The maximum Gasteiger partial charge on any atom is 0.314 e. The molecule has 2 fully saturated rings. The molecule has 3 aromatic rings. The SMILES string of the molecule is Cc1cc(Cl)cc(C)c1Oc1ccc(Cl)cc1NC(=O)C(=O)N1CCC(N2CCN(c3cccc(Cl)c3)CC2)CC1. The van der Waals surface area contributed by atoms with Crippen LogP contribution in [0.25, 0.3) is 0 Å². The number of hydrogen-bond acceptors (Lipinski definition) is 5. The van der Waals surface area contributed by atoms with Gasteiger partial charge in [0.15, 0.2) is 5.75 Å². The van der Waals surface area contributed by atoms with Crippen LogP contribution in [0.5, 0.6) is 11.5 Å². The van der Waals surface area contributed by atoms with E-state index in [4.69, 9.17) is 39.5 Å². The van der Waals surface area contributed by atoms with Crippen LogP contribution in [0, 0.1) is 13.8 Å². The van der Waals surface area contributed by atoms with Gasteiger partial charge in [0.1, 0.15) is 5.75 Å². The third-order valence-electron chi connectivity index (χ3n) is 7.78. The van der Waals surface area contributed by atoms with Gasteiger partial charge in [-0.05, 0) is 86.3 Å². The third-order valence-corrected chi connectivity index (χ3v) is 8.47. The number of ether oxygens (including phenoxy) is 1. The van der Waals surface area contributed by atoms with Crippen molar-refractivity contribution in [2.75, 3.05) is 49.5 Å². The van der Waals surface area contributed by atoms with E-state index in [0.29, 0.717) is 46.4 Å². The highest BCUT2D eigenvalue weighted by atomic mass is 35.5. The molecule has 0 spiro atoms. The predicted molar refractivity (Wildman–Crippen MR) is 166 cm³/mol. The molecule has 1 N–H and O–H groups in total. The smallest absolute Gasteiger partial charge is 0.314 e. The monoisotopic (exact) mass is 614 g/mol. The first-order valence-electron chi connectivity index (χ1n) is 13.8. The van der Waals surface area contributed by atoms with Crippen molar-refractivity contribution in [1.29, 1.82) is 0 Å². The van der Waals surface area contributed by atoms with E-state index in [1.807, 2.05) is 44.2 Å². The minimum absolute atomic E-state index is 0.331. The zero-order valence-corrected chi connectivity index (χ0v) is 25.4. The van der Waals surface area contributed by atoms with Gasteiger partial charge in [-0.25, -0.2) is 0 Å². The van der Waals surface area contributed by atoms with Crippen molar-refractivity contribution in [2.24, 2.45) is 0 Å². The van der Waals surface area contributed by atoms with Gasteiger partial charge in [0.05, 0.1) is 5.69 Å². The number of halogens is 3. The summed E-state index contributed by atoms with van der Waals surface area (Å²) in [5, 5.41) is 4.51. The summed E-state index contributed by atoms with van der Waals surface area (Å²) in [5.74, 6) is -0.247. The summed E-state index contributed by atoms with van der Waals surface area (Å²) in [6, 6.07) is 16.9. The van der Waals surface area contributed by atoms with Gasteiger partial charge in [-0.15, -0.1) is 0 Å². The fourth-order valence-corrected chi connectivity index (χ4v) is 6.31. The van der Waals surface area contributed by atoms with Crippen LogP contribution in [0.1, 0.15) is 24.0 Å². The van der Waals surface area contributed by atoms with E-state index in [1.54, 1.807) is 23.1 Å². The molecule has 2 aliphatic heterocycles. The molecule has 0 unspecified atom stereocenters. The van der Waals surface area contributed by atoms with E-state index in [0.717, 1.165) is 60.9 Å². The van der Waals surface area contributed by atoms with Gasteiger partial charge in [0.2, 0.25) is 0 Å². The molecule has 0 radical (unpaired) electrons. The highest BCUT2D eigenvalue weighted by Gasteiger charge is 2.31. The molecule has 2 aliphatic rings. The second kappa shape index (κ2) is 12.9. The molecule has 0 aromatic heterocycles. The summed E-state index contributed by atoms with van der Waals surface area (Å²) in [7, 11) is 0. The number of aryl methyl sites for hydroxylation is 2. The number of carbonyl (C=O) groups is 2. The van der Waals surface area contributed by atoms with Crippen LogP contribution in [0.3, 0.4) is 0 Å². The maximum absolute atomic E-state index is 13.1. The molecule has 41 heavy (non-hydrogen) atoms. The Bertz CT molecular complexity index is 1410. The number of anilines is 2. The summed E-state index contributed by atoms with van der Waals surface area (Å²) < 4.78 is 6.16. The number of likely N-dealkylation sites (tertiary alicyclic amines) is 1. The zero-order chi connectivity index (χ0) is 29.1. The minimum atomic E-state index is -0.713. The average molecular weight is 616 g/mol. The molecule has 0 atom stereocenters. The number of nitrogens with zero attached hydrogens (tertiary/aromatic N) is 3. The fourth-order valence-electron chi connectivity index (χ4n) is 5.63. The van der Waals surface area contributed by atoms with Crippen molar-refractivity contribution in [3.05, 3.63) is 80.8 Å². The van der Waals surface area contributed by atoms with Gasteiger partial charge < -0.3 is 19.9 Å². The first kappa shape index (κ1) is 29.5. The van der Waals surface area contributed by atoms with Crippen LogP contribution in [0.15, 0.2) is 54.6 Å². The molecule has 10 heteroatoms. The Kier molecular flexibility index (Phi) is 9.29. The van der Waals surface area contributed by atoms with Crippen molar-refractivity contribution < 1.29 is 14.3 Å². The topological polar surface area (TPSA) is 65.1 Å². The number of piperidine rings is 1. The van der Waals surface area contributed by atoms with E-state index >= 15 is 0 Å². The second-order valence-electron chi connectivity index (χ2n) is 10.6. The molecular weight excluding hydrogens is 583 g/mol. The summed E-state index contributed by atoms with van der Waals surface area (Å²) in [6.45, 7) is 8.64. The van der Waals surface area contributed by atoms with Gasteiger partial charge in [0, 0.05) is 66.1 Å². The third kappa shape index (κ3) is 7.09. The Labute approximate surface area is 255 Å². The van der Waals surface area contributed by atoms with Crippen molar-refractivity contribution in [2.45, 2.75) is 32.7 Å². The number of rotatable bonds is 5. The predicted octanol–water partition coefficient (Wildman–Crippen LogP) is 6.81. The normalized spacial score (nSPS) is 16.5. The molecule has 216 valence electrons. The van der Waals surface area contributed by atoms with E-state index in [2.05, 4.69) is 21.2 Å². The highest BCUT2D eigenvalue weighted by molar-refractivity contribution is 6.40. The molecule has 2 heterocycles.